The minimum absolute atomic E-state index is 0.150. The second-order valence-corrected chi connectivity index (χ2v) is 1.59. The molecule has 47 valence electrons. The van der Waals surface area contributed by atoms with Crippen LogP contribution in [0, 0.1) is 6.10 Å². The highest BCUT2D eigenvalue weighted by Gasteiger charge is 2.39. The van der Waals surface area contributed by atoms with Crippen molar-refractivity contribution in [2.45, 2.75) is 19.2 Å². The Labute approximate surface area is 44.4 Å². The van der Waals surface area contributed by atoms with E-state index in [1.807, 2.05) is 0 Å². The molecule has 0 saturated heterocycles. The average Bonchev–Trinajstić information content (AvgIpc) is 2.12. The van der Waals surface area contributed by atoms with Gasteiger partial charge in [0.15, 0.2) is 0 Å². The summed E-state index contributed by atoms with van der Waals surface area (Å²) >= 11 is 0. The lowest BCUT2D eigenvalue weighted by Gasteiger charge is -2.02. The Hall–Kier alpha value is -0.250. The zero-order chi connectivity index (χ0) is 6.20. The van der Waals surface area contributed by atoms with E-state index in [-0.39, 0.29) is 6.10 Å². The van der Waals surface area contributed by atoms with Crippen molar-refractivity contribution in [2.24, 2.45) is 0 Å². The van der Waals surface area contributed by atoms with Crippen LogP contribution in [0.5, 0.6) is 0 Å². The summed E-state index contributed by atoms with van der Waals surface area (Å²) in [6.45, 7) is 0. The zero-order valence-corrected chi connectivity index (χ0v) is 3.96. The highest BCUT2D eigenvalue weighted by molar-refractivity contribution is 4.95. The Bertz CT molecular complexity index is 83.8. The van der Waals surface area contributed by atoms with Gasteiger partial charge in [0.1, 0.15) is 6.10 Å². The van der Waals surface area contributed by atoms with E-state index in [1.165, 1.54) is 0 Å². The molecule has 1 aliphatic carbocycles. The van der Waals surface area contributed by atoms with E-state index in [9.17, 15) is 13.2 Å². The summed E-state index contributed by atoms with van der Waals surface area (Å²) in [7, 11) is 0. The molecule has 0 amide bonds. The van der Waals surface area contributed by atoms with Gasteiger partial charge in [-0.15, -0.1) is 13.2 Å². The third-order valence-electron chi connectivity index (χ3n) is 0.714. The first kappa shape index (κ1) is 5.88. The van der Waals surface area contributed by atoms with Gasteiger partial charge in [-0.3, -0.25) is 4.74 Å². The van der Waals surface area contributed by atoms with Crippen LogP contribution in [0.1, 0.15) is 12.8 Å². The summed E-state index contributed by atoms with van der Waals surface area (Å²) in [4.78, 5) is 0. The molecule has 0 aromatic carbocycles. The fourth-order valence-corrected chi connectivity index (χ4v) is 0.317. The SMILES string of the molecule is FC(F)(F)O[C]1CC1. The molecule has 0 aromatic heterocycles. The van der Waals surface area contributed by atoms with Gasteiger partial charge < -0.3 is 0 Å². The number of alkyl halides is 3. The molecular formula is C4H4F3O. The molecule has 1 rings (SSSR count). The summed E-state index contributed by atoms with van der Waals surface area (Å²) in [5, 5.41) is 0. The smallest absolute Gasteiger partial charge is 0.282 e. The normalized spacial score (nSPS) is 21.4. The second kappa shape index (κ2) is 1.62. The topological polar surface area (TPSA) is 9.23 Å². The summed E-state index contributed by atoms with van der Waals surface area (Å²) in [6.07, 6.45) is -3.36. The molecule has 1 nitrogen and oxygen atoms in total. The summed E-state index contributed by atoms with van der Waals surface area (Å²) < 4.78 is 36.8. The Balaban J connectivity index is 2.16. The number of ether oxygens (including phenoxy) is 1. The molecular weight excluding hydrogens is 121 g/mol. The molecule has 0 atom stereocenters. The van der Waals surface area contributed by atoms with Gasteiger partial charge in [0.2, 0.25) is 0 Å². The number of hydrogen-bond donors (Lipinski definition) is 0. The van der Waals surface area contributed by atoms with Gasteiger partial charge in [-0.1, -0.05) is 0 Å². The first-order chi connectivity index (χ1) is 3.58. The maximum Gasteiger partial charge on any atom is 0.523 e. The minimum atomic E-state index is -4.45. The fourth-order valence-electron chi connectivity index (χ4n) is 0.317. The van der Waals surface area contributed by atoms with Gasteiger partial charge in [0, 0.05) is 0 Å². The lowest BCUT2D eigenvalue weighted by Crippen LogP contribution is -2.10. The maximum absolute atomic E-state index is 11.1. The fraction of sp³-hybridized carbons (Fsp3) is 0.750. The van der Waals surface area contributed by atoms with E-state index in [0.29, 0.717) is 12.8 Å². The molecule has 4 heteroatoms. The van der Waals surface area contributed by atoms with Gasteiger partial charge in [-0.25, -0.2) is 0 Å². The molecule has 0 spiro atoms. The molecule has 1 saturated carbocycles. The van der Waals surface area contributed by atoms with Crippen molar-refractivity contribution in [1.29, 1.82) is 0 Å². The minimum Gasteiger partial charge on any atom is -0.282 e. The van der Waals surface area contributed by atoms with Crippen molar-refractivity contribution < 1.29 is 17.9 Å². The van der Waals surface area contributed by atoms with Crippen molar-refractivity contribution in [3.63, 3.8) is 0 Å². The second-order valence-electron chi connectivity index (χ2n) is 1.59. The molecule has 0 aliphatic heterocycles. The van der Waals surface area contributed by atoms with Crippen molar-refractivity contribution >= 4 is 0 Å². The summed E-state index contributed by atoms with van der Waals surface area (Å²) in [6, 6.07) is 0. The van der Waals surface area contributed by atoms with Crippen molar-refractivity contribution in [1.82, 2.24) is 0 Å². The monoisotopic (exact) mass is 125 g/mol. The molecule has 1 aliphatic rings. The Kier molecular flexibility index (Phi) is 1.19. The van der Waals surface area contributed by atoms with Crippen LogP contribution in [-0.2, 0) is 4.74 Å². The van der Waals surface area contributed by atoms with Gasteiger partial charge in [0.25, 0.3) is 0 Å². The third-order valence-corrected chi connectivity index (χ3v) is 0.714. The van der Waals surface area contributed by atoms with Crippen LogP contribution >= 0.6 is 0 Å². The first-order valence-electron chi connectivity index (χ1n) is 2.18. The highest BCUT2D eigenvalue weighted by atomic mass is 19.4. The van der Waals surface area contributed by atoms with E-state index < -0.39 is 6.36 Å². The lowest BCUT2D eigenvalue weighted by molar-refractivity contribution is -0.312. The zero-order valence-electron chi connectivity index (χ0n) is 3.96. The van der Waals surface area contributed by atoms with Gasteiger partial charge in [-0.2, -0.15) is 0 Å². The van der Waals surface area contributed by atoms with Crippen LogP contribution in [0.3, 0.4) is 0 Å². The third kappa shape index (κ3) is 2.16. The maximum atomic E-state index is 11.1. The lowest BCUT2D eigenvalue weighted by atomic mass is 10.8. The molecule has 1 radical (unpaired) electrons. The van der Waals surface area contributed by atoms with E-state index in [2.05, 4.69) is 4.74 Å². The van der Waals surface area contributed by atoms with Crippen LogP contribution in [0.2, 0.25) is 0 Å². The van der Waals surface area contributed by atoms with Crippen molar-refractivity contribution in [3.05, 3.63) is 6.10 Å². The van der Waals surface area contributed by atoms with E-state index in [0.717, 1.165) is 0 Å². The van der Waals surface area contributed by atoms with E-state index in [1.54, 1.807) is 0 Å². The van der Waals surface area contributed by atoms with Crippen LogP contribution in [0.4, 0.5) is 13.2 Å². The average molecular weight is 125 g/mol. The molecule has 0 heterocycles. The number of hydrogen-bond acceptors (Lipinski definition) is 1. The van der Waals surface area contributed by atoms with Crippen LogP contribution < -0.4 is 0 Å². The van der Waals surface area contributed by atoms with Gasteiger partial charge in [-0.05, 0) is 12.8 Å². The molecule has 0 unspecified atom stereocenters. The molecule has 0 bridgehead atoms. The van der Waals surface area contributed by atoms with E-state index >= 15 is 0 Å². The molecule has 0 N–H and O–H groups in total. The number of halogens is 3. The summed E-state index contributed by atoms with van der Waals surface area (Å²) in [5.41, 5.74) is 0. The molecule has 8 heavy (non-hydrogen) atoms. The van der Waals surface area contributed by atoms with E-state index in [4.69, 9.17) is 0 Å². The highest BCUT2D eigenvalue weighted by Crippen LogP contribution is 2.38. The molecule has 0 aromatic rings. The standard InChI is InChI=1S/C4H4F3O/c5-4(6,7)8-3-1-2-3/h1-2H2. The Morgan fingerprint density at radius 1 is 1.25 bits per heavy atom. The van der Waals surface area contributed by atoms with Crippen LogP contribution in [0.25, 0.3) is 0 Å². The van der Waals surface area contributed by atoms with Gasteiger partial charge in [0.05, 0.1) is 0 Å². The van der Waals surface area contributed by atoms with Gasteiger partial charge >= 0.3 is 6.36 Å². The van der Waals surface area contributed by atoms with Crippen molar-refractivity contribution in [3.8, 4) is 0 Å². The Morgan fingerprint density at radius 2 is 1.75 bits per heavy atom. The van der Waals surface area contributed by atoms with Crippen LogP contribution in [0.15, 0.2) is 0 Å². The number of rotatable bonds is 1. The first-order valence-corrected chi connectivity index (χ1v) is 2.18. The predicted octanol–water partition coefficient (Wildman–Crippen LogP) is 1.85. The Morgan fingerprint density at radius 3 is 1.88 bits per heavy atom. The quantitative estimate of drug-likeness (QED) is 0.519. The van der Waals surface area contributed by atoms with Crippen molar-refractivity contribution in [2.75, 3.05) is 0 Å². The van der Waals surface area contributed by atoms with Crippen LogP contribution in [-0.4, -0.2) is 6.36 Å². The predicted molar refractivity (Wildman–Crippen MR) is 19.6 cm³/mol. The molecule has 1 fully saturated rings. The largest absolute Gasteiger partial charge is 0.523 e. The summed E-state index contributed by atoms with van der Waals surface area (Å²) in [5.74, 6) is 0.